The molecule has 0 radical (unpaired) electrons. The van der Waals surface area contributed by atoms with Crippen molar-refractivity contribution in [2.24, 2.45) is 0 Å². The number of esters is 1. The highest BCUT2D eigenvalue weighted by molar-refractivity contribution is 6.66. The number of ether oxygens (including phenoxy) is 2. The van der Waals surface area contributed by atoms with Crippen molar-refractivity contribution >= 4 is 46.9 Å². The van der Waals surface area contributed by atoms with Gasteiger partial charge < -0.3 is 14.8 Å². The SMILES string of the molecule is COC(=O)[C@@H]1CC[C@@H](N(OCc2ccccc2)C(=O)OC(Cl)(Cl)Cl)CN1. The zero-order valence-corrected chi connectivity index (χ0v) is 16.3. The Morgan fingerprint density at radius 1 is 1.23 bits per heavy atom. The Balaban J connectivity index is 2.03. The van der Waals surface area contributed by atoms with Gasteiger partial charge in [0.2, 0.25) is 0 Å². The van der Waals surface area contributed by atoms with Gasteiger partial charge in [-0.05, 0) is 53.2 Å². The largest absolute Gasteiger partial charge is 0.468 e. The number of nitrogens with zero attached hydrogens (tertiary/aromatic N) is 1. The second-order valence-corrected chi connectivity index (χ2v) is 7.79. The third-order valence-corrected chi connectivity index (χ3v) is 4.03. The van der Waals surface area contributed by atoms with E-state index in [2.05, 4.69) is 5.32 Å². The van der Waals surface area contributed by atoms with Crippen LogP contribution >= 0.6 is 34.8 Å². The van der Waals surface area contributed by atoms with E-state index in [4.69, 9.17) is 49.1 Å². The molecular formula is C16H19Cl3N2O5. The first-order valence-corrected chi connectivity index (χ1v) is 9.00. The highest BCUT2D eigenvalue weighted by Crippen LogP contribution is 2.29. The number of carbonyl (C=O) groups excluding carboxylic acids is 2. The predicted molar refractivity (Wildman–Crippen MR) is 96.7 cm³/mol. The van der Waals surface area contributed by atoms with Crippen LogP contribution in [0.3, 0.4) is 0 Å². The first kappa shape index (κ1) is 21.1. The molecule has 0 aliphatic carbocycles. The number of hydrogen-bond donors (Lipinski definition) is 1. The van der Waals surface area contributed by atoms with Crippen molar-refractivity contribution in [2.45, 2.75) is 35.5 Å². The maximum Gasteiger partial charge on any atom is 0.437 e. The monoisotopic (exact) mass is 424 g/mol. The lowest BCUT2D eigenvalue weighted by atomic mass is 10.0. The summed E-state index contributed by atoms with van der Waals surface area (Å²) in [6.45, 7) is 0.427. The van der Waals surface area contributed by atoms with Gasteiger partial charge in [0.15, 0.2) is 0 Å². The quantitative estimate of drug-likeness (QED) is 0.443. The maximum absolute atomic E-state index is 12.4. The van der Waals surface area contributed by atoms with Crippen molar-refractivity contribution in [3.63, 3.8) is 0 Å². The Morgan fingerprint density at radius 2 is 1.92 bits per heavy atom. The minimum atomic E-state index is -2.21. The summed E-state index contributed by atoms with van der Waals surface area (Å²) in [4.78, 5) is 29.6. The Morgan fingerprint density at radius 3 is 2.46 bits per heavy atom. The smallest absolute Gasteiger partial charge is 0.437 e. The lowest BCUT2D eigenvalue weighted by Gasteiger charge is -2.35. The molecule has 0 bridgehead atoms. The number of halogens is 3. The molecule has 0 saturated carbocycles. The standard InChI is InChI=1S/C16H19Cl3N2O5/c1-24-14(22)13-8-7-12(9-20-13)21(15(23)26-16(17,18)19)25-10-11-5-3-2-4-6-11/h2-6,12-13,20H,7-10H2,1H3/t12-,13+/m1/s1. The lowest BCUT2D eigenvalue weighted by Crippen LogP contribution is -2.54. The predicted octanol–water partition coefficient (Wildman–Crippen LogP) is 3.18. The molecule has 7 nitrogen and oxygen atoms in total. The molecule has 0 unspecified atom stereocenters. The van der Waals surface area contributed by atoms with Crippen LogP contribution < -0.4 is 5.32 Å². The molecule has 10 heteroatoms. The average Bonchev–Trinajstić information content (AvgIpc) is 2.61. The van der Waals surface area contributed by atoms with Crippen molar-refractivity contribution in [3.05, 3.63) is 35.9 Å². The van der Waals surface area contributed by atoms with Gasteiger partial charge in [-0.25, -0.2) is 4.79 Å². The average molecular weight is 426 g/mol. The summed E-state index contributed by atoms with van der Waals surface area (Å²) >= 11 is 16.6. The van der Waals surface area contributed by atoms with E-state index in [1.165, 1.54) is 7.11 Å². The Hall–Kier alpha value is -1.25. The Kier molecular flexibility index (Phi) is 7.79. The summed E-state index contributed by atoms with van der Waals surface area (Å²) in [6.07, 6.45) is 0.0179. The van der Waals surface area contributed by atoms with Gasteiger partial charge in [-0.3, -0.25) is 9.63 Å². The molecular weight excluding hydrogens is 407 g/mol. The highest BCUT2D eigenvalue weighted by Gasteiger charge is 2.36. The molecule has 1 saturated heterocycles. The number of hydrogen-bond acceptors (Lipinski definition) is 6. The lowest BCUT2D eigenvalue weighted by molar-refractivity contribution is -0.176. The number of hydroxylamine groups is 2. The van der Waals surface area contributed by atoms with E-state index in [1.807, 2.05) is 30.3 Å². The van der Waals surface area contributed by atoms with Crippen molar-refractivity contribution in [3.8, 4) is 0 Å². The molecule has 1 fully saturated rings. The first-order valence-electron chi connectivity index (χ1n) is 7.87. The van der Waals surface area contributed by atoms with Crippen LogP contribution in [0.2, 0.25) is 0 Å². The summed E-state index contributed by atoms with van der Waals surface area (Å²) in [5.74, 6) is -0.357. The third kappa shape index (κ3) is 6.48. The second-order valence-electron chi connectivity index (χ2n) is 5.61. The van der Waals surface area contributed by atoms with Crippen LogP contribution in [0.15, 0.2) is 30.3 Å². The molecule has 1 aliphatic rings. The number of alkyl halides is 3. The molecule has 2 rings (SSSR count). The molecule has 0 spiro atoms. The molecule has 1 aromatic carbocycles. The van der Waals surface area contributed by atoms with Gasteiger partial charge >= 0.3 is 16.0 Å². The fourth-order valence-electron chi connectivity index (χ4n) is 2.55. The summed E-state index contributed by atoms with van der Waals surface area (Å²) < 4.78 is 7.28. The number of benzene rings is 1. The van der Waals surface area contributed by atoms with Crippen molar-refractivity contribution < 1.29 is 23.9 Å². The fraction of sp³-hybridized carbons (Fsp3) is 0.500. The fourth-order valence-corrected chi connectivity index (χ4v) is 2.75. The van der Waals surface area contributed by atoms with E-state index in [0.29, 0.717) is 19.4 Å². The van der Waals surface area contributed by atoms with Crippen molar-refractivity contribution in [2.75, 3.05) is 13.7 Å². The van der Waals surface area contributed by atoms with Gasteiger partial charge in [0.05, 0.1) is 13.2 Å². The molecule has 1 aromatic rings. The van der Waals surface area contributed by atoms with Crippen molar-refractivity contribution in [1.82, 2.24) is 10.4 Å². The van der Waals surface area contributed by atoms with Crippen LogP contribution in [-0.2, 0) is 25.7 Å². The van der Waals surface area contributed by atoms with Gasteiger partial charge in [-0.1, -0.05) is 30.3 Å². The number of piperidine rings is 1. The number of rotatable bonds is 5. The topological polar surface area (TPSA) is 77.1 Å². The number of methoxy groups -OCH3 is 1. The van der Waals surface area contributed by atoms with Crippen LogP contribution in [0.25, 0.3) is 0 Å². The van der Waals surface area contributed by atoms with Gasteiger partial charge in [0.25, 0.3) is 0 Å². The Labute approximate surface area is 166 Å². The van der Waals surface area contributed by atoms with E-state index in [9.17, 15) is 9.59 Å². The van der Waals surface area contributed by atoms with Gasteiger partial charge in [0, 0.05) is 6.54 Å². The van der Waals surface area contributed by atoms with Crippen LogP contribution in [-0.4, -0.2) is 46.8 Å². The summed E-state index contributed by atoms with van der Waals surface area (Å²) in [6, 6.07) is 8.44. The van der Waals surface area contributed by atoms with Gasteiger partial charge in [-0.15, -0.1) is 0 Å². The summed E-state index contributed by atoms with van der Waals surface area (Å²) in [5, 5.41) is 4.05. The molecule has 1 heterocycles. The molecule has 1 aliphatic heterocycles. The highest BCUT2D eigenvalue weighted by atomic mass is 35.6. The molecule has 144 valence electrons. The number of carbonyl (C=O) groups is 2. The molecule has 26 heavy (non-hydrogen) atoms. The summed E-state index contributed by atoms with van der Waals surface area (Å²) in [7, 11) is 1.32. The maximum atomic E-state index is 12.4. The van der Waals surface area contributed by atoms with Crippen molar-refractivity contribution in [1.29, 1.82) is 0 Å². The van der Waals surface area contributed by atoms with Crippen LogP contribution in [0, 0.1) is 0 Å². The van der Waals surface area contributed by atoms with Crippen LogP contribution in [0.1, 0.15) is 18.4 Å². The molecule has 1 amide bonds. The molecule has 2 atom stereocenters. The number of nitrogens with one attached hydrogen (secondary N) is 1. The second kappa shape index (κ2) is 9.62. The van der Waals surface area contributed by atoms with E-state index in [-0.39, 0.29) is 12.6 Å². The molecule has 0 aromatic heterocycles. The van der Waals surface area contributed by atoms with Crippen LogP contribution in [0.5, 0.6) is 0 Å². The van der Waals surface area contributed by atoms with Gasteiger partial charge in [0.1, 0.15) is 12.6 Å². The van der Waals surface area contributed by atoms with E-state index >= 15 is 0 Å². The zero-order valence-electron chi connectivity index (χ0n) is 14.0. The van der Waals surface area contributed by atoms with E-state index < -0.39 is 22.2 Å². The Bertz CT molecular complexity index is 604. The van der Waals surface area contributed by atoms with E-state index in [0.717, 1.165) is 10.6 Å². The zero-order chi connectivity index (χ0) is 19.2. The first-order chi connectivity index (χ1) is 12.3. The van der Waals surface area contributed by atoms with Crippen LogP contribution in [0.4, 0.5) is 4.79 Å². The van der Waals surface area contributed by atoms with E-state index in [1.54, 1.807) is 0 Å². The number of amides is 1. The van der Waals surface area contributed by atoms with Gasteiger partial charge in [-0.2, -0.15) is 5.06 Å². The molecule has 1 N–H and O–H groups in total. The minimum absolute atomic E-state index is 0.132. The minimum Gasteiger partial charge on any atom is -0.468 e. The summed E-state index contributed by atoms with van der Waals surface area (Å²) in [5.41, 5.74) is 0.857. The third-order valence-electron chi connectivity index (χ3n) is 3.80. The normalized spacial score (nSPS) is 20.3.